The van der Waals surface area contributed by atoms with E-state index in [2.05, 4.69) is 25.3 Å². The lowest BCUT2D eigenvalue weighted by atomic mass is 9.86. The number of anilines is 2. The average molecular weight is 433 g/mol. The highest BCUT2D eigenvalue weighted by Crippen LogP contribution is 2.58. The number of nitrogens with one attached hydrogen (secondary N) is 1. The summed E-state index contributed by atoms with van der Waals surface area (Å²) in [6.07, 6.45) is 3.64. The molecule has 1 aliphatic heterocycles. The highest BCUT2D eigenvalue weighted by Gasteiger charge is 2.58. The van der Waals surface area contributed by atoms with Crippen molar-refractivity contribution in [1.29, 1.82) is 0 Å². The maximum absolute atomic E-state index is 14.8. The standard InChI is InChI=1S/C19H15ClF2N6S/c20-9-3-14-16(24-6-9)17(26-8-25-14)27-10-1-2-13(22)11(4-10)19(7-21)12-5-15(12)29-18(23)28-19/h1-4,6,8,12,15H,5,7H2,(H2,23,28)(H,25,26,27)/t12-,15+,19-/m1/s1. The van der Waals surface area contributed by atoms with E-state index >= 15 is 0 Å². The zero-order chi connectivity index (χ0) is 20.2. The van der Waals surface area contributed by atoms with Gasteiger partial charge in [-0.05, 0) is 30.7 Å². The fraction of sp³-hybridized carbons (Fsp3) is 0.263. The van der Waals surface area contributed by atoms with E-state index in [-0.39, 0.29) is 16.7 Å². The number of halogens is 3. The molecule has 29 heavy (non-hydrogen) atoms. The van der Waals surface area contributed by atoms with Crippen molar-refractivity contribution in [2.45, 2.75) is 17.2 Å². The lowest BCUT2D eigenvalue weighted by Crippen LogP contribution is -2.36. The van der Waals surface area contributed by atoms with Crippen LogP contribution in [0, 0.1) is 11.7 Å². The van der Waals surface area contributed by atoms with Crippen molar-refractivity contribution in [3.05, 3.63) is 53.2 Å². The van der Waals surface area contributed by atoms with Crippen LogP contribution in [-0.4, -0.2) is 32.0 Å². The van der Waals surface area contributed by atoms with Gasteiger partial charge < -0.3 is 11.1 Å². The summed E-state index contributed by atoms with van der Waals surface area (Å²) in [6, 6.07) is 6.10. The molecule has 3 atom stereocenters. The molecule has 3 heterocycles. The number of aromatic nitrogens is 3. The van der Waals surface area contributed by atoms with Gasteiger partial charge in [-0.2, -0.15) is 0 Å². The predicted octanol–water partition coefficient (Wildman–Crippen LogP) is 4.18. The number of pyridine rings is 1. The number of alkyl halides is 1. The van der Waals surface area contributed by atoms with Gasteiger partial charge in [0.05, 0.1) is 10.5 Å². The van der Waals surface area contributed by atoms with Crippen molar-refractivity contribution in [2.24, 2.45) is 16.6 Å². The Morgan fingerprint density at radius 1 is 1.28 bits per heavy atom. The maximum Gasteiger partial charge on any atom is 0.160 e. The molecule has 1 aromatic carbocycles. The molecular weight excluding hydrogens is 418 g/mol. The molecule has 10 heteroatoms. The number of nitrogens with two attached hydrogens (primary N) is 1. The van der Waals surface area contributed by atoms with Gasteiger partial charge in [0.1, 0.15) is 29.9 Å². The third-order valence-electron chi connectivity index (χ3n) is 5.27. The first-order valence-corrected chi connectivity index (χ1v) is 10.2. The van der Waals surface area contributed by atoms with E-state index in [0.717, 1.165) is 6.42 Å². The molecule has 148 valence electrons. The van der Waals surface area contributed by atoms with Gasteiger partial charge in [0.2, 0.25) is 0 Å². The SMILES string of the molecule is NC1=N[C@](CF)(c2cc(Nc3ncnc4cc(Cl)cnc34)ccc2F)[C@@H]2C[C@@H]2S1. The Kier molecular flexibility index (Phi) is 4.32. The molecule has 0 spiro atoms. The van der Waals surface area contributed by atoms with E-state index < -0.39 is 18.0 Å². The van der Waals surface area contributed by atoms with Crippen LogP contribution >= 0.6 is 23.4 Å². The van der Waals surface area contributed by atoms with Crippen LogP contribution in [0.25, 0.3) is 11.0 Å². The van der Waals surface area contributed by atoms with Crippen LogP contribution in [0.1, 0.15) is 12.0 Å². The summed E-state index contributed by atoms with van der Waals surface area (Å²) in [5.74, 6) is -0.150. The molecule has 0 radical (unpaired) electrons. The van der Waals surface area contributed by atoms with E-state index in [1.165, 1.54) is 30.4 Å². The Morgan fingerprint density at radius 2 is 2.14 bits per heavy atom. The van der Waals surface area contributed by atoms with Gasteiger partial charge in [-0.15, -0.1) is 0 Å². The van der Waals surface area contributed by atoms with Gasteiger partial charge in [-0.25, -0.2) is 28.7 Å². The Labute approximate surface area is 174 Å². The number of rotatable bonds is 4. The summed E-state index contributed by atoms with van der Waals surface area (Å²) in [6.45, 7) is -0.813. The van der Waals surface area contributed by atoms with Crippen LogP contribution in [0.4, 0.5) is 20.3 Å². The number of thioether (sulfide) groups is 1. The molecule has 0 saturated heterocycles. The molecule has 2 aromatic heterocycles. The van der Waals surface area contributed by atoms with Crippen molar-refractivity contribution in [3.8, 4) is 0 Å². The molecule has 3 N–H and O–H groups in total. The minimum absolute atomic E-state index is 0.0711. The smallest absolute Gasteiger partial charge is 0.160 e. The lowest BCUT2D eigenvalue weighted by Gasteiger charge is -2.31. The van der Waals surface area contributed by atoms with Crippen molar-refractivity contribution in [3.63, 3.8) is 0 Å². The van der Waals surface area contributed by atoms with Crippen LogP contribution in [0.2, 0.25) is 5.02 Å². The summed E-state index contributed by atoms with van der Waals surface area (Å²) in [5, 5.41) is 4.06. The van der Waals surface area contributed by atoms with Gasteiger partial charge in [0.15, 0.2) is 11.0 Å². The molecule has 1 saturated carbocycles. The van der Waals surface area contributed by atoms with Crippen molar-refractivity contribution >= 4 is 51.1 Å². The minimum atomic E-state index is -1.29. The summed E-state index contributed by atoms with van der Waals surface area (Å²) in [7, 11) is 0. The first-order valence-electron chi connectivity index (χ1n) is 8.91. The monoisotopic (exact) mass is 432 g/mol. The van der Waals surface area contributed by atoms with Gasteiger partial charge in [0.25, 0.3) is 0 Å². The molecule has 0 bridgehead atoms. The number of nitrogens with zero attached hydrogens (tertiary/aromatic N) is 4. The molecule has 5 rings (SSSR count). The molecule has 2 aliphatic rings. The van der Waals surface area contributed by atoms with Gasteiger partial charge in [-0.3, -0.25) is 0 Å². The van der Waals surface area contributed by atoms with Crippen LogP contribution in [0.15, 0.2) is 41.8 Å². The third kappa shape index (κ3) is 3.08. The lowest BCUT2D eigenvalue weighted by molar-refractivity contribution is 0.272. The highest BCUT2D eigenvalue weighted by atomic mass is 35.5. The Morgan fingerprint density at radius 3 is 2.97 bits per heavy atom. The first-order chi connectivity index (χ1) is 14.0. The van der Waals surface area contributed by atoms with Gasteiger partial charge >= 0.3 is 0 Å². The number of amidine groups is 1. The van der Waals surface area contributed by atoms with E-state index in [0.29, 0.717) is 32.7 Å². The number of hydrogen-bond donors (Lipinski definition) is 2. The number of benzene rings is 1. The zero-order valence-electron chi connectivity index (χ0n) is 14.9. The summed E-state index contributed by atoms with van der Waals surface area (Å²) < 4.78 is 29.0. The van der Waals surface area contributed by atoms with Gasteiger partial charge in [-0.1, -0.05) is 23.4 Å². The fourth-order valence-electron chi connectivity index (χ4n) is 3.81. The fourth-order valence-corrected chi connectivity index (χ4v) is 5.18. The van der Waals surface area contributed by atoms with Crippen molar-refractivity contribution in [1.82, 2.24) is 15.0 Å². The highest BCUT2D eigenvalue weighted by molar-refractivity contribution is 8.14. The second-order valence-electron chi connectivity index (χ2n) is 7.07. The van der Waals surface area contributed by atoms with Crippen LogP contribution in [-0.2, 0) is 5.54 Å². The number of aliphatic imine (C=N–C) groups is 1. The first kappa shape index (κ1) is 18.5. The zero-order valence-corrected chi connectivity index (χ0v) is 16.5. The molecule has 1 fully saturated rings. The molecular formula is C19H15ClF2N6S. The van der Waals surface area contributed by atoms with E-state index in [4.69, 9.17) is 17.3 Å². The minimum Gasteiger partial charge on any atom is -0.379 e. The summed E-state index contributed by atoms with van der Waals surface area (Å²) >= 11 is 7.40. The topological polar surface area (TPSA) is 89.1 Å². The van der Waals surface area contributed by atoms with E-state index in [1.54, 1.807) is 18.2 Å². The second kappa shape index (κ2) is 6.77. The number of fused-ring (bicyclic) bond motifs is 2. The van der Waals surface area contributed by atoms with Crippen molar-refractivity contribution < 1.29 is 8.78 Å². The van der Waals surface area contributed by atoms with E-state index in [1.807, 2.05) is 0 Å². The van der Waals surface area contributed by atoms with Crippen LogP contribution < -0.4 is 11.1 Å². The molecule has 6 nitrogen and oxygen atoms in total. The van der Waals surface area contributed by atoms with Crippen LogP contribution in [0.3, 0.4) is 0 Å². The molecule has 0 unspecified atom stereocenters. The largest absolute Gasteiger partial charge is 0.379 e. The third-order valence-corrected chi connectivity index (χ3v) is 6.63. The van der Waals surface area contributed by atoms with E-state index in [9.17, 15) is 8.78 Å². The quantitative estimate of drug-likeness (QED) is 0.643. The Bertz CT molecular complexity index is 1160. The normalized spacial score (nSPS) is 25.4. The van der Waals surface area contributed by atoms with Crippen molar-refractivity contribution in [2.75, 3.05) is 12.0 Å². The Hall–Kier alpha value is -2.52. The molecule has 0 amide bonds. The number of hydrogen-bond acceptors (Lipinski definition) is 7. The second-order valence-corrected chi connectivity index (χ2v) is 8.77. The predicted molar refractivity (Wildman–Crippen MR) is 111 cm³/mol. The molecule has 1 aliphatic carbocycles. The summed E-state index contributed by atoms with van der Waals surface area (Å²) in [5.41, 5.74) is 6.42. The molecule has 3 aromatic rings. The van der Waals surface area contributed by atoms with Crippen LogP contribution in [0.5, 0.6) is 0 Å². The summed E-state index contributed by atoms with van der Waals surface area (Å²) in [4.78, 5) is 17.0. The maximum atomic E-state index is 14.8. The Balaban J connectivity index is 1.57. The average Bonchev–Trinajstić information content (AvgIpc) is 3.48. The van der Waals surface area contributed by atoms with Gasteiger partial charge in [0, 0.05) is 28.6 Å².